The van der Waals surface area contributed by atoms with E-state index in [1.54, 1.807) is 36.2 Å². The van der Waals surface area contributed by atoms with E-state index in [-0.39, 0.29) is 17.5 Å². The molecule has 35 heavy (non-hydrogen) atoms. The average Bonchev–Trinajstić information content (AvgIpc) is 3.32. The number of nitrogens with zero attached hydrogens (tertiary/aromatic N) is 3. The number of carbonyl (C=O) groups is 3. The Morgan fingerprint density at radius 1 is 1.14 bits per heavy atom. The standard InChI is InChI=1S/C26H27ClN4O4/c1-17(27)25(33)31-14-13-30-16-21(29-23(30)22(31)19-8-4-3-5-9-19)24(32)28-12-11-18-7-6-10-20(15-18)26(34)35-2/h3-10,15-17,22H,11-14H2,1-2H3,(H,28,32). The van der Waals surface area contributed by atoms with Gasteiger partial charge in [-0.05, 0) is 36.6 Å². The first-order chi connectivity index (χ1) is 16.9. The summed E-state index contributed by atoms with van der Waals surface area (Å²) in [5.41, 5.74) is 2.57. The molecule has 1 aliphatic rings. The molecular weight excluding hydrogens is 468 g/mol. The summed E-state index contributed by atoms with van der Waals surface area (Å²) in [6.07, 6.45) is 2.27. The zero-order valence-electron chi connectivity index (χ0n) is 19.6. The summed E-state index contributed by atoms with van der Waals surface area (Å²) in [6, 6.07) is 16.3. The number of esters is 1. The molecule has 4 rings (SSSR count). The molecule has 0 saturated carbocycles. The minimum Gasteiger partial charge on any atom is -0.465 e. The quantitative estimate of drug-likeness (QED) is 0.402. The fraction of sp³-hybridized carbons (Fsp3) is 0.308. The predicted molar refractivity (Wildman–Crippen MR) is 131 cm³/mol. The number of hydrogen-bond donors (Lipinski definition) is 1. The van der Waals surface area contributed by atoms with Crippen molar-refractivity contribution < 1.29 is 19.1 Å². The molecule has 3 aromatic rings. The highest BCUT2D eigenvalue weighted by atomic mass is 35.5. The minimum absolute atomic E-state index is 0.171. The van der Waals surface area contributed by atoms with Crippen molar-refractivity contribution in [2.75, 3.05) is 20.2 Å². The van der Waals surface area contributed by atoms with Crippen LogP contribution in [0.15, 0.2) is 60.8 Å². The molecule has 0 bridgehead atoms. The first-order valence-electron chi connectivity index (χ1n) is 11.4. The van der Waals surface area contributed by atoms with Crippen molar-refractivity contribution in [2.45, 2.75) is 31.3 Å². The van der Waals surface area contributed by atoms with E-state index in [2.05, 4.69) is 10.3 Å². The lowest BCUT2D eigenvalue weighted by Crippen LogP contribution is -2.45. The molecule has 1 aliphatic heterocycles. The number of fused-ring (bicyclic) bond motifs is 1. The third-order valence-corrected chi connectivity index (χ3v) is 6.15. The fourth-order valence-corrected chi connectivity index (χ4v) is 4.36. The molecule has 2 aromatic carbocycles. The van der Waals surface area contributed by atoms with Gasteiger partial charge in [-0.3, -0.25) is 9.59 Å². The monoisotopic (exact) mass is 494 g/mol. The number of imidazole rings is 1. The summed E-state index contributed by atoms with van der Waals surface area (Å²) in [5, 5.41) is 2.23. The van der Waals surface area contributed by atoms with E-state index in [9.17, 15) is 14.4 Å². The number of nitrogens with one attached hydrogen (secondary N) is 1. The summed E-state index contributed by atoms with van der Waals surface area (Å²) in [4.78, 5) is 43.8. The van der Waals surface area contributed by atoms with Crippen LogP contribution in [0.1, 0.15) is 50.8 Å². The third kappa shape index (κ3) is 5.38. The van der Waals surface area contributed by atoms with Crippen molar-refractivity contribution in [3.63, 3.8) is 0 Å². The normalized spacial score (nSPS) is 15.7. The Bertz CT molecular complexity index is 1230. The molecule has 8 nitrogen and oxygen atoms in total. The second-order valence-corrected chi connectivity index (χ2v) is 8.99. The number of rotatable bonds is 7. The summed E-state index contributed by atoms with van der Waals surface area (Å²) in [5.74, 6) is -0.242. The van der Waals surface area contributed by atoms with Crippen LogP contribution in [-0.2, 0) is 22.5 Å². The number of methoxy groups -OCH3 is 1. The van der Waals surface area contributed by atoms with Crippen LogP contribution in [0.25, 0.3) is 0 Å². The SMILES string of the molecule is COC(=O)c1cccc(CCNC(=O)c2cn3c(n2)C(c2ccccc2)N(C(=O)C(C)Cl)CC3)c1. The molecule has 2 heterocycles. The van der Waals surface area contributed by atoms with E-state index in [1.807, 2.05) is 41.0 Å². The van der Waals surface area contributed by atoms with Crippen molar-refractivity contribution >= 4 is 29.4 Å². The number of benzene rings is 2. The highest BCUT2D eigenvalue weighted by Gasteiger charge is 2.36. The van der Waals surface area contributed by atoms with E-state index in [0.717, 1.165) is 11.1 Å². The van der Waals surface area contributed by atoms with Crippen molar-refractivity contribution in [2.24, 2.45) is 0 Å². The summed E-state index contributed by atoms with van der Waals surface area (Å²) in [6.45, 7) is 3.03. The number of amides is 2. The molecule has 2 unspecified atom stereocenters. The molecular formula is C26H27ClN4O4. The van der Waals surface area contributed by atoms with Crippen LogP contribution >= 0.6 is 11.6 Å². The summed E-state index contributed by atoms with van der Waals surface area (Å²) >= 11 is 6.13. The van der Waals surface area contributed by atoms with Crippen molar-refractivity contribution in [3.05, 3.63) is 89.0 Å². The van der Waals surface area contributed by atoms with Crippen LogP contribution in [0.5, 0.6) is 0 Å². The summed E-state index contributed by atoms with van der Waals surface area (Å²) < 4.78 is 6.68. The molecule has 0 saturated heterocycles. The Balaban J connectivity index is 1.50. The van der Waals surface area contributed by atoms with E-state index >= 15 is 0 Å². The molecule has 182 valence electrons. The van der Waals surface area contributed by atoms with Gasteiger partial charge in [0.1, 0.15) is 22.9 Å². The number of carbonyl (C=O) groups excluding carboxylic acids is 3. The maximum Gasteiger partial charge on any atom is 0.337 e. The van der Waals surface area contributed by atoms with Gasteiger partial charge in [0.25, 0.3) is 5.91 Å². The van der Waals surface area contributed by atoms with Gasteiger partial charge in [-0.15, -0.1) is 11.6 Å². The van der Waals surface area contributed by atoms with Crippen molar-refractivity contribution in [1.29, 1.82) is 0 Å². The van der Waals surface area contributed by atoms with E-state index in [1.165, 1.54) is 7.11 Å². The number of hydrogen-bond acceptors (Lipinski definition) is 5. The molecule has 0 aliphatic carbocycles. The first-order valence-corrected chi connectivity index (χ1v) is 11.8. The predicted octanol–water partition coefficient (Wildman–Crippen LogP) is 3.20. The zero-order chi connectivity index (χ0) is 24.9. The summed E-state index contributed by atoms with van der Waals surface area (Å²) in [7, 11) is 1.34. The van der Waals surface area contributed by atoms with E-state index in [4.69, 9.17) is 16.3 Å². The smallest absolute Gasteiger partial charge is 0.337 e. The maximum absolute atomic E-state index is 12.9. The van der Waals surface area contributed by atoms with Gasteiger partial charge in [0.05, 0.1) is 12.7 Å². The number of halogens is 1. The molecule has 1 aromatic heterocycles. The second-order valence-electron chi connectivity index (χ2n) is 8.34. The molecule has 1 N–H and O–H groups in total. The molecule has 0 fully saturated rings. The Kier molecular flexibility index (Phi) is 7.51. The van der Waals surface area contributed by atoms with Crippen molar-refractivity contribution in [1.82, 2.24) is 19.8 Å². The lowest BCUT2D eigenvalue weighted by Gasteiger charge is -2.36. The van der Waals surface area contributed by atoms with Gasteiger partial charge < -0.3 is 19.5 Å². The lowest BCUT2D eigenvalue weighted by atomic mass is 10.0. The largest absolute Gasteiger partial charge is 0.465 e. The van der Waals surface area contributed by atoms with Crippen LogP contribution in [0.2, 0.25) is 0 Å². The number of ether oxygens (including phenoxy) is 1. The minimum atomic E-state index is -0.664. The van der Waals surface area contributed by atoms with Gasteiger partial charge in [-0.25, -0.2) is 9.78 Å². The zero-order valence-corrected chi connectivity index (χ0v) is 20.4. The molecule has 0 spiro atoms. The van der Waals surface area contributed by atoms with E-state index in [0.29, 0.717) is 37.4 Å². The van der Waals surface area contributed by atoms with Crippen LogP contribution in [0.3, 0.4) is 0 Å². The average molecular weight is 495 g/mol. The van der Waals surface area contributed by atoms with Gasteiger partial charge in [0.2, 0.25) is 5.91 Å². The van der Waals surface area contributed by atoms with Gasteiger partial charge in [-0.1, -0.05) is 42.5 Å². The van der Waals surface area contributed by atoms with Gasteiger partial charge in [-0.2, -0.15) is 0 Å². The number of aromatic nitrogens is 2. The Labute approximate surface area is 208 Å². The maximum atomic E-state index is 12.9. The van der Waals surface area contributed by atoms with Crippen LogP contribution in [0.4, 0.5) is 0 Å². The van der Waals surface area contributed by atoms with Gasteiger partial charge in [0, 0.05) is 25.8 Å². The van der Waals surface area contributed by atoms with Crippen LogP contribution < -0.4 is 5.32 Å². The topological polar surface area (TPSA) is 93.5 Å². The molecule has 0 radical (unpaired) electrons. The third-order valence-electron chi connectivity index (χ3n) is 5.96. The second kappa shape index (κ2) is 10.7. The fourth-order valence-electron chi connectivity index (χ4n) is 4.23. The molecule has 2 atom stereocenters. The number of alkyl halides is 1. The molecule has 9 heteroatoms. The van der Waals surface area contributed by atoms with Crippen LogP contribution in [0, 0.1) is 0 Å². The Hall–Kier alpha value is -3.65. The lowest BCUT2D eigenvalue weighted by molar-refractivity contribution is -0.133. The molecule has 2 amide bonds. The van der Waals surface area contributed by atoms with Crippen molar-refractivity contribution in [3.8, 4) is 0 Å². The Morgan fingerprint density at radius 3 is 2.63 bits per heavy atom. The Morgan fingerprint density at radius 2 is 1.91 bits per heavy atom. The highest BCUT2D eigenvalue weighted by molar-refractivity contribution is 6.30. The highest BCUT2D eigenvalue weighted by Crippen LogP contribution is 2.32. The van der Waals surface area contributed by atoms with E-state index < -0.39 is 17.4 Å². The van der Waals surface area contributed by atoms with Crippen LogP contribution in [-0.4, -0.2) is 57.8 Å². The van der Waals surface area contributed by atoms with Gasteiger partial charge >= 0.3 is 5.97 Å². The van der Waals surface area contributed by atoms with Gasteiger partial charge in [0.15, 0.2) is 0 Å². The first kappa shape index (κ1) is 24.5.